The summed E-state index contributed by atoms with van der Waals surface area (Å²) in [6, 6.07) is 4.35. The van der Waals surface area contributed by atoms with Crippen molar-refractivity contribution in [1.29, 1.82) is 0 Å². The van der Waals surface area contributed by atoms with E-state index in [1.54, 1.807) is 18.4 Å². The van der Waals surface area contributed by atoms with Gasteiger partial charge in [-0.05, 0) is 40.9 Å². The van der Waals surface area contributed by atoms with Gasteiger partial charge in [-0.15, -0.1) is 11.3 Å². The topological polar surface area (TPSA) is 9.23 Å². The fraction of sp³-hybridized carbons (Fsp3) is 0.273. The number of benzene rings is 1. The predicted molar refractivity (Wildman–Crippen MR) is 65.7 cm³/mol. The first-order chi connectivity index (χ1) is 6.77. The van der Waals surface area contributed by atoms with Crippen molar-refractivity contribution < 1.29 is 4.74 Å². The van der Waals surface area contributed by atoms with Crippen molar-refractivity contribution in [2.75, 3.05) is 7.11 Å². The van der Waals surface area contributed by atoms with Crippen LogP contribution in [-0.4, -0.2) is 7.11 Å². The molecule has 0 N–H and O–H groups in total. The van der Waals surface area contributed by atoms with E-state index >= 15 is 0 Å². The Morgan fingerprint density at radius 1 is 1.50 bits per heavy atom. The van der Waals surface area contributed by atoms with Gasteiger partial charge < -0.3 is 4.74 Å². The lowest BCUT2D eigenvalue weighted by atomic mass is 10.1. The van der Waals surface area contributed by atoms with E-state index in [-0.39, 0.29) is 0 Å². The Balaban J connectivity index is 2.80. The summed E-state index contributed by atoms with van der Waals surface area (Å²) in [7, 11) is 1.74. The zero-order chi connectivity index (χ0) is 10.1. The normalized spacial score (nSPS) is 10.8. The van der Waals surface area contributed by atoms with Crippen molar-refractivity contribution in [1.82, 2.24) is 0 Å². The Bertz CT molecular complexity index is 462. The van der Waals surface area contributed by atoms with Crippen molar-refractivity contribution in [3.63, 3.8) is 0 Å². The Labute approximate surface area is 95.8 Å². The van der Waals surface area contributed by atoms with Gasteiger partial charge in [-0.25, -0.2) is 0 Å². The van der Waals surface area contributed by atoms with Gasteiger partial charge in [-0.2, -0.15) is 0 Å². The molecule has 0 radical (unpaired) electrons. The second-order valence-corrected chi connectivity index (χ2v) is 4.64. The number of methoxy groups -OCH3 is 1. The summed E-state index contributed by atoms with van der Waals surface area (Å²) in [5.41, 5.74) is 2.53. The highest BCUT2D eigenvalue weighted by Crippen LogP contribution is 2.36. The Kier molecular flexibility index (Phi) is 2.79. The van der Waals surface area contributed by atoms with E-state index in [0.29, 0.717) is 0 Å². The molecule has 0 saturated heterocycles. The summed E-state index contributed by atoms with van der Waals surface area (Å²) in [5, 5.41) is 4.25. The van der Waals surface area contributed by atoms with Gasteiger partial charge in [0.15, 0.2) is 0 Å². The molecule has 1 heterocycles. The Morgan fingerprint density at radius 2 is 2.29 bits per heavy atom. The van der Waals surface area contributed by atoms with Gasteiger partial charge in [0.2, 0.25) is 0 Å². The van der Waals surface area contributed by atoms with Crippen LogP contribution in [0.3, 0.4) is 0 Å². The van der Waals surface area contributed by atoms with E-state index in [4.69, 9.17) is 4.74 Å². The maximum absolute atomic E-state index is 5.45. The minimum absolute atomic E-state index is 0.876. The average molecular weight is 271 g/mol. The first kappa shape index (κ1) is 9.99. The molecule has 74 valence electrons. The number of thiophene rings is 1. The zero-order valence-electron chi connectivity index (χ0n) is 8.13. The molecule has 1 aromatic heterocycles. The van der Waals surface area contributed by atoms with Crippen LogP contribution in [0.2, 0.25) is 0 Å². The maximum Gasteiger partial charge on any atom is 0.139 e. The largest absolute Gasteiger partial charge is 0.495 e. The lowest BCUT2D eigenvalue weighted by Gasteiger charge is -2.09. The van der Waals surface area contributed by atoms with E-state index in [2.05, 4.69) is 40.4 Å². The van der Waals surface area contributed by atoms with E-state index in [9.17, 15) is 0 Å². The molecule has 2 rings (SSSR count). The molecule has 2 aromatic rings. The third-order valence-electron chi connectivity index (χ3n) is 2.40. The van der Waals surface area contributed by atoms with Crippen LogP contribution >= 0.6 is 27.3 Å². The molecule has 0 aliphatic heterocycles. The van der Waals surface area contributed by atoms with Crippen molar-refractivity contribution in [2.24, 2.45) is 0 Å². The molecule has 0 fully saturated rings. The summed E-state index contributed by atoms with van der Waals surface area (Å²) in [5.74, 6) is 1.02. The van der Waals surface area contributed by atoms with Gasteiger partial charge in [0.25, 0.3) is 0 Å². The van der Waals surface area contributed by atoms with Gasteiger partial charge in [0.1, 0.15) is 5.75 Å². The number of ether oxygens (including phenoxy) is 1. The second-order valence-electron chi connectivity index (χ2n) is 3.17. The number of rotatable bonds is 2. The number of hydrogen-bond donors (Lipinski definition) is 0. The van der Waals surface area contributed by atoms with Crippen molar-refractivity contribution in [3.05, 3.63) is 28.6 Å². The molecule has 0 spiro atoms. The monoisotopic (exact) mass is 270 g/mol. The Morgan fingerprint density at radius 3 is 2.93 bits per heavy atom. The van der Waals surface area contributed by atoms with E-state index < -0.39 is 0 Å². The lowest BCUT2D eigenvalue weighted by molar-refractivity contribution is 0.417. The highest BCUT2D eigenvalue weighted by molar-refractivity contribution is 9.08. The van der Waals surface area contributed by atoms with Crippen molar-refractivity contribution >= 4 is 37.4 Å². The average Bonchev–Trinajstić information content (AvgIpc) is 2.64. The SMILES string of the molecule is COc1c(C)c(CBr)cc2ccsc12. The molecule has 0 bridgehead atoms. The van der Waals surface area contributed by atoms with Crippen LogP contribution < -0.4 is 4.74 Å². The lowest BCUT2D eigenvalue weighted by Crippen LogP contribution is -1.91. The van der Waals surface area contributed by atoms with Crippen LogP contribution in [0.5, 0.6) is 5.75 Å². The quantitative estimate of drug-likeness (QED) is 0.747. The number of alkyl halides is 1. The third kappa shape index (κ3) is 1.44. The molecule has 3 heteroatoms. The third-order valence-corrected chi connectivity index (χ3v) is 3.94. The highest BCUT2D eigenvalue weighted by Gasteiger charge is 2.10. The molecule has 0 aliphatic carbocycles. The number of hydrogen-bond acceptors (Lipinski definition) is 2. The zero-order valence-corrected chi connectivity index (χ0v) is 10.5. The number of fused-ring (bicyclic) bond motifs is 1. The predicted octanol–water partition coefficient (Wildman–Crippen LogP) is 4.11. The van der Waals surface area contributed by atoms with Crippen LogP contribution in [0.4, 0.5) is 0 Å². The molecule has 1 aromatic carbocycles. The van der Waals surface area contributed by atoms with Crippen molar-refractivity contribution in [2.45, 2.75) is 12.3 Å². The fourth-order valence-electron chi connectivity index (χ4n) is 1.61. The van der Waals surface area contributed by atoms with E-state index in [1.807, 2.05) is 0 Å². The van der Waals surface area contributed by atoms with Gasteiger partial charge in [-0.3, -0.25) is 0 Å². The summed E-state index contributed by atoms with van der Waals surface area (Å²) in [6.07, 6.45) is 0. The molecule has 0 aliphatic rings. The Hall–Kier alpha value is -0.540. The molecular formula is C11H11BrOS. The molecule has 0 saturated carbocycles. The first-order valence-electron chi connectivity index (χ1n) is 4.37. The van der Waals surface area contributed by atoms with Crippen LogP contribution in [-0.2, 0) is 5.33 Å². The van der Waals surface area contributed by atoms with Gasteiger partial charge in [0, 0.05) is 5.33 Å². The number of halogens is 1. The second kappa shape index (κ2) is 3.91. The van der Waals surface area contributed by atoms with Crippen LogP contribution in [0.1, 0.15) is 11.1 Å². The molecule has 0 atom stereocenters. The summed E-state index contributed by atoms with van der Waals surface area (Å²) < 4.78 is 6.69. The fourth-order valence-corrected chi connectivity index (χ4v) is 3.15. The summed E-state index contributed by atoms with van der Waals surface area (Å²) in [6.45, 7) is 2.11. The van der Waals surface area contributed by atoms with E-state index in [1.165, 1.54) is 21.2 Å². The maximum atomic E-state index is 5.45. The first-order valence-corrected chi connectivity index (χ1v) is 6.37. The molecule has 0 amide bonds. The van der Waals surface area contributed by atoms with E-state index in [0.717, 1.165) is 11.1 Å². The minimum atomic E-state index is 0.876. The molecular weight excluding hydrogens is 260 g/mol. The van der Waals surface area contributed by atoms with Crippen LogP contribution in [0.15, 0.2) is 17.5 Å². The molecule has 0 unspecified atom stereocenters. The summed E-state index contributed by atoms with van der Waals surface area (Å²) in [4.78, 5) is 0. The van der Waals surface area contributed by atoms with Crippen LogP contribution in [0.25, 0.3) is 10.1 Å². The molecule has 1 nitrogen and oxygen atoms in total. The van der Waals surface area contributed by atoms with Gasteiger partial charge in [0.05, 0.1) is 11.8 Å². The van der Waals surface area contributed by atoms with Crippen molar-refractivity contribution in [3.8, 4) is 5.75 Å². The summed E-state index contributed by atoms with van der Waals surface area (Å²) >= 11 is 5.23. The molecule has 14 heavy (non-hydrogen) atoms. The standard InChI is InChI=1S/C11H11BrOS/c1-7-9(6-12)5-8-3-4-14-11(8)10(7)13-2/h3-5H,6H2,1-2H3. The smallest absolute Gasteiger partial charge is 0.139 e. The highest BCUT2D eigenvalue weighted by atomic mass is 79.9. The van der Waals surface area contributed by atoms with Gasteiger partial charge >= 0.3 is 0 Å². The van der Waals surface area contributed by atoms with Gasteiger partial charge in [-0.1, -0.05) is 15.9 Å². The van der Waals surface area contributed by atoms with Crippen LogP contribution in [0, 0.1) is 6.92 Å². The minimum Gasteiger partial charge on any atom is -0.495 e.